The average Bonchev–Trinajstić information content (AvgIpc) is 2.24. The summed E-state index contributed by atoms with van der Waals surface area (Å²) in [6.45, 7) is 8.65. The molecule has 16 heavy (non-hydrogen) atoms. The summed E-state index contributed by atoms with van der Waals surface area (Å²) in [5, 5.41) is 0. The van der Waals surface area contributed by atoms with Gasteiger partial charge in [-0.2, -0.15) is 0 Å². The van der Waals surface area contributed by atoms with Crippen LogP contribution in [0.3, 0.4) is 0 Å². The molecule has 0 spiro atoms. The SMILES string of the molecule is C=CC(OC(C)=O)=C(C)C(=O)OCCCC. The maximum atomic E-state index is 11.5. The van der Waals surface area contributed by atoms with Crippen molar-refractivity contribution in [3.05, 3.63) is 24.0 Å². The van der Waals surface area contributed by atoms with Gasteiger partial charge in [-0.3, -0.25) is 4.79 Å². The molecule has 0 bridgehead atoms. The maximum absolute atomic E-state index is 11.5. The van der Waals surface area contributed by atoms with Gasteiger partial charge in [-0.1, -0.05) is 19.9 Å². The Morgan fingerprint density at radius 3 is 2.38 bits per heavy atom. The van der Waals surface area contributed by atoms with Gasteiger partial charge in [0.2, 0.25) is 0 Å². The van der Waals surface area contributed by atoms with Gasteiger partial charge in [-0.25, -0.2) is 4.79 Å². The molecule has 0 aromatic carbocycles. The van der Waals surface area contributed by atoms with Gasteiger partial charge in [0, 0.05) is 6.92 Å². The number of carbonyl (C=O) groups excluding carboxylic acids is 2. The lowest BCUT2D eigenvalue weighted by molar-refractivity contribution is -0.139. The molecule has 0 aliphatic rings. The van der Waals surface area contributed by atoms with Crippen molar-refractivity contribution in [2.45, 2.75) is 33.6 Å². The van der Waals surface area contributed by atoms with Gasteiger partial charge in [0.25, 0.3) is 0 Å². The fourth-order valence-corrected chi connectivity index (χ4v) is 0.944. The molecule has 0 aliphatic heterocycles. The summed E-state index contributed by atoms with van der Waals surface area (Å²) < 4.78 is 9.78. The number of hydrogen-bond acceptors (Lipinski definition) is 4. The van der Waals surface area contributed by atoms with Gasteiger partial charge >= 0.3 is 11.9 Å². The summed E-state index contributed by atoms with van der Waals surface area (Å²) in [5.74, 6) is -0.825. The van der Waals surface area contributed by atoms with E-state index >= 15 is 0 Å². The largest absolute Gasteiger partial charge is 0.462 e. The zero-order valence-electron chi connectivity index (χ0n) is 10.0. The van der Waals surface area contributed by atoms with Crippen LogP contribution in [-0.2, 0) is 19.1 Å². The number of rotatable bonds is 6. The van der Waals surface area contributed by atoms with Crippen LogP contribution < -0.4 is 0 Å². The summed E-state index contributed by atoms with van der Waals surface area (Å²) in [5.41, 5.74) is 0.251. The third-order valence-corrected chi connectivity index (χ3v) is 1.85. The number of allylic oxidation sites excluding steroid dienone is 1. The molecule has 0 aromatic heterocycles. The highest BCUT2D eigenvalue weighted by Crippen LogP contribution is 2.09. The smallest absolute Gasteiger partial charge is 0.337 e. The lowest BCUT2D eigenvalue weighted by Crippen LogP contribution is -2.11. The van der Waals surface area contributed by atoms with Crippen LogP contribution in [-0.4, -0.2) is 18.5 Å². The average molecular weight is 226 g/mol. The van der Waals surface area contributed by atoms with Crippen molar-refractivity contribution in [3.8, 4) is 0 Å². The monoisotopic (exact) mass is 226 g/mol. The van der Waals surface area contributed by atoms with E-state index in [1.165, 1.54) is 19.9 Å². The van der Waals surface area contributed by atoms with Crippen LogP contribution >= 0.6 is 0 Å². The highest BCUT2D eigenvalue weighted by atomic mass is 16.5. The molecule has 0 unspecified atom stereocenters. The van der Waals surface area contributed by atoms with Crippen molar-refractivity contribution in [2.75, 3.05) is 6.61 Å². The Bertz CT molecular complexity index is 302. The van der Waals surface area contributed by atoms with Gasteiger partial charge in [0.15, 0.2) is 0 Å². The quantitative estimate of drug-likeness (QED) is 0.229. The van der Waals surface area contributed by atoms with E-state index in [1.54, 1.807) is 0 Å². The Balaban J connectivity index is 4.50. The van der Waals surface area contributed by atoms with Crippen molar-refractivity contribution >= 4 is 11.9 Å². The van der Waals surface area contributed by atoms with E-state index in [9.17, 15) is 9.59 Å². The Morgan fingerprint density at radius 2 is 1.94 bits per heavy atom. The molecule has 0 atom stereocenters. The summed E-state index contributed by atoms with van der Waals surface area (Å²) in [6, 6.07) is 0. The Kier molecular flexibility index (Phi) is 6.92. The molecule has 0 aliphatic carbocycles. The number of unbranched alkanes of at least 4 members (excludes halogenated alkanes) is 1. The molecule has 0 saturated heterocycles. The summed E-state index contributed by atoms with van der Waals surface area (Å²) >= 11 is 0. The van der Waals surface area contributed by atoms with E-state index in [2.05, 4.69) is 6.58 Å². The maximum Gasteiger partial charge on any atom is 0.337 e. The van der Waals surface area contributed by atoms with Crippen molar-refractivity contribution < 1.29 is 19.1 Å². The van der Waals surface area contributed by atoms with Gasteiger partial charge < -0.3 is 9.47 Å². The Labute approximate surface area is 95.9 Å². The van der Waals surface area contributed by atoms with Gasteiger partial charge in [-0.15, -0.1) is 0 Å². The molecule has 0 N–H and O–H groups in total. The highest BCUT2D eigenvalue weighted by Gasteiger charge is 2.12. The molecule has 0 radical (unpaired) electrons. The van der Waals surface area contributed by atoms with Gasteiger partial charge in [-0.05, 0) is 19.4 Å². The van der Waals surface area contributed by atoms with Crippen LogP contribution in [0.1, 0.15) is 33.6 Å². The molecule has 0 aromatic rings. The molecule has 4 heteroatoms. The number of ether oxygens (including phenoxy) is 2. The normalized spacial score (nSPS) is 11.4. The molecule has 0 saturated carbocycles. The second kappa shape index (κ2) is 7.68. The molecular formula is C12H18O4. The highest BCUT2D eigenvalue weighted by molar-refractivity contribution is 5.89. The number of esters is 2. The molecule has 90 valence electrons. The fourth-order valence-electron chi connectivity index (χ4n) is 0.944. The molecular weight excluding hydrogens is 208 g/mol. The van der Waals surface area contributed by atoms with E-state index in [-0.39, 0.29) is 11.3 Å². The van der Waals surface area contributed by atoms with Crippen molar-refractivity contribution in [1.82, 2.24) is 0 Å². The fraction of sp³-hybridized carbons (Fsp3) is 0.500. The predicted octanol–water partition coefficient (Wildman–Crippen LogP) is 2.35. The summed E-state index contributed by atoms with van der Waals surface area (Å²) in [4.78, 5) is 22.2. The van der Waals surface area contributed by atoms with E-state index in [1.807, 2.05) is 6.92 Å². The van der Waals surface area contributed by atoms with Crippen LogP contribution in [0.15, 0.2) is 24.0 Å². The van der Waals surface area contributed by atoms with Crippen LogP contribution in [0, 0.1) is 0 Å². The molecule has 4 nitrogen and oxygen atoms in total. The van der Waals surface area contributed by atoms with Crippen LogP contribution in [0.5, 0.6) is 0 Å². The molecule has 0 rings (SSSR count). The van der Waals surface area contributed by atoms with E-state index in [4.69, 9.17) is 9.47 Å². The first kappa shape index (κ1) is 14.4. The van der Waals surface area contributed by atoms with Crippen LogP contribution in [0.4, 0.5) is 0 Å². The molecule has 0 amide bonds. The second-order valence-electron chi connectivity index (χ2n) is 3.28. The molecule has 0 heterocycles. The Hall–Kier alpha value is -1.58. The third-order valence-electron chi connectivity index (χ3n) is 1.85. The van der Waals surface area contributed by atoms with Crippen molar-refractivity contribution in [1.29, 1.82) is 0 Å². The standard InChI is InChI=1S/C12H18O4/c1-5-7-8-15-12(14)9(3)11(6-2)16-10(4)13/h6H,2,5,7-8H2,1,3-4H3. The summed E-state index contributed by atoms with van der Waals surface area (Å²) in [7, 11) is 0. The lowest BCUT2D eigenvalue weighted by Gasteiger charge is -2.07. The van der Waals surface area contributed by atoms with E-state index in [0.29, 0.717) is 6.61 Å². The second-order valence-corrected chi connectivity index (χ2v) is 3.28. The van der Waals surface area contributed by atoms with Crippen molar-refractivity contribution in [3.63, 3.8) is 0 Å². The van der Waals surface area contributed by atoms with Crippen LogP contribution in [0.2, 0.25) is 0 Å². The number of hydrogen-bond donors (Lipinski definition) is 0. The van der Waals surface area contributed by atoms with Gasteiger partial charge in [0.05, 0.1) is 12.2 Å². The molecule has 0 fully saturated rings. The topological polar surface area (TPSA) is 52.6 Å². The minimum atomic E-state index is -0.490. The Morgan fingerprint density at radius 1 is 1.31 bits per heavy atom. The minimum Gasteiger partial charge on any atom is -0.462 e. The predicted molar refractivity (Wildman–Crippen MR) is 60.5 cm³/mol. The summed E-state index contributed by atoms with van der Waals surface area (Å²) in [6.07, 6.45) is 3.09. The minimum absolute atomic E-state index is 0.147. The zero-order valence-corrected chi connectivity index (χ0v) is 10.0. The van der Waals surface area contributed by atoms with Crippen molar-refractivity contribution in [2.24, 2.45) is 0 Å². The lowest BCUT2D eigenvalue weighted by atomic mass is 10.2. The number of carbonyl (C=O) groups is 2. The van der Waals surface area contributed by atoms with Gasteiger partial charge in [0.1, 0.15) is 5.76 Å². The third kappa shape index (κ3) is 5.34. The first-order valence-corrected chi connectivity index (χ1v) is 5.21. The van der Waals surface area contributed by atoms with Crippen LogP contribution in [0.25, 0.3) is 0 Å². The van der Waals surface area contributed by atoms with E-state index < -0.39 is 11.9 Å². The first-order valence-electron chi connectivity index (χ1n) is 5.21. The van der Waals surface area contributed by atoms with E-state index in [0.717, 1.165) is 12.8 Å². The zero-order chi connectivity index (χ0) is 12.6. The first-order chi connectivity index (χ1) is 7.52.